The predicted molar refractivity (Wildman–Crippen MR) is 84.6 cm³/mol. The van der Waals surface area contributed by atoms with Crippen LogP contribution < -0.4 is 9.47 Å². The minimum absolute atomic E-state index is 0.0615. The summed E-state index contributed by atoms with van der Waals surface area (Å²) in [6.45, 7) is 0. The summed E-state index contributed by atoms with van der Waals surface area (Å²) >= 11 is 0. The maximum atomic E-state index is 12.1. The van der Waals surface area contributed by atoms with Crippen molar-refractivity contribution in [3.05, 3.63) is 59.7 Å². The highest BCUT2D eigenvalue weighted by atomic mass is 16.5. The van der Waals surface area contributed by atoms with Gasteiger partial charge in [0.2, 0.25) is 0 Å². The first kappa shape index (κ1) is 16.0. The fourth-order valence-corrected chi connectivity index (χ4v) is 2.31. The number of hydrogen-bond acceptors (Lipinski definition) is 4. The summed E-state index contributed by atoms with van der Waals surface area (Å²) in [6.07, 6.45) is -0.247. The Hall–Kier alpha value is -2.33. The van der Waals surface area contributed by atoms with Gasteiger partial charge in [-0.1, -0.05) is 36.4 Å². The molecule has 0 heterocycles. The molecule has 4 heteroatoms. The van der Waals surface area contributed by atoms with E-state index in [-0.39, 0.29) is 12.2 Å². The van der Waals surface area contributed by atoms with Crippen molar-refractivity contribution in [3.63, 3.8) is 0 Å². The van der Waals surface area contributed by atoms with Crippen molar-refractivity contribution in [2.45, 2.75) is 18.9 Å². The zero-order valence-corrected chi connectivity index (χ0v) is 12.8. The van der Waals surface area contributed by atoms with Crippen molar-refractivity contribution < 1.29 is 19.4 Å². The van der Waals surface area contributed by atoms with E-state index in [4.69, 9.17) is 9.47 Å². The van der Waals surface area contributed by atoms with Crippen LogP contribution in [0.4, 0.5) is 0 Å². The first-order valence-corrected chi connectivity index (χ1v) is 7.11. The molecule has 1 unspecified atom stereocenters. The Balaban J connectivity index is 2.00. The highest BCUT2D eigenvalue weighted by Gasteiger charge is 2.14. The molecule has 22 heavy (non-hydrogen) atoms. The normalized spacial score (nSPS) is 11.8. The van der Waals surface area contributed by atoms with E-state index in [2.05, 4.69) is 0 Å². The maximum Gasteiger partial charge on any atom is 0.165 e. The second-order valence-corrected chi connectivity index (χ2v) is 5.04. The predicted octanol–water partition coefficient (Wildman–Crippen LogP) is 2.88. The molecule has 0 fully saturated rings. The Morgan fingerprint density at radius 2 is 1.73 bits per heavy atom. The lowest BCUT2D eigenvalue weighted by Gasteiger charge is -2.13. The van der Waals surface area contributed by atoms with Gasteiger partial charge in [-0.05, 0) is 24.1 Å². The molecule has 0 radical (unpaired) electrons. The third kappa shape index (κ3) is 4.09. The van der Waals surface area contributed by atoms with E-state index in [9.17, 15) is 9.90 Å². The van der Waals surface area contributed by atoms with Gasteiger partial charge in [-0.3, -0.25) is 4.79 Å². The molecule has 0 spiro atoms. The lowest BCUT2D eigenvalue weighted by Crippen LogP contribution is -2.16. The van der Waals surface area contributed by atoms with Crippen LogP contribution in [0, 0.1) is 0 Å². The van der Waals surface area contributed by atoms with Gasteiger partial charge < -0.3 is 14.6 Å². The van der Waals surface area contributed by atoms with E-state index in [1.54, 1.807) is 32.4 Å². The number of aliphatic hydroxyl groups is 1. The Kier molecular flexibility index (Phi) is 5.55. The number of methoxy groups -OCH3 is 2. The number of ketones is 1. The van der Waals surface area contributed by atoms with Crippen LogP contribution in [0.25, 0.3) is 0 Å². The van der Waals surface area contributed by atoms with Crippen LogP contribution in [0.5, 0.6) is 11.5 Å². The number of carbonyl (C=O) groups is 1. The molecule has 116 valence electrons. The molecule has 0 aliphatic carbocycles. The van der Waals surface area contributed by atoms with Crippen molar-refractivity contribution in [1.82, 2.24) is 0 Å². The maximum absolute atomic E-state index is 12.1. The van der Waals surface area contributed by atoms with E-state index in [1.165, 1.54) is 0 Å². The van der Waals surface area contributed by atoms with Gasteiger partial charge in [0.25, 0.3) is 0 Å². The molecule has 2 aromatic carbocycles. The van der Waals surface area contributed by atoms with Gasteiger partial charge in [0, 0.05) is 12.0 Å². The van der Waals surface area contributed by atoms with Crippen LogP contribution in [0.15, 0.2) is 48.5 Å². The number of Topliss-reactive ketones (excluding diaryl/α,β-unsaturated/α-hetero) is 1. The number of hydrogen-bond donors (Lipinski definition) is 1. The summed E-state index contributed by atoms with van der Waals surface area (Å²) in [5.41, 5.74) is 1.51. The van der Waals surface area contributed by atoms with Crippen LogP contribution in [0.2, 0.25) is 0 Å². The molecule has 1 atom stereocenters. The second kappa shape index (κ2) is 7.61. The Morgan fingerprint density at radius 1 is 1.05 bits per heavy atom. The standard InChI is InChI=1S/C18H20O4/c1-21-17-9-8-13(11-18(17)22-2)10-15(19)12-16(20)14-6-4-3-5-7-14/h3-9,11,15,19H,10,12H2,1-2H3. The second-order valence-electron chi connectivity index (χ2n) is 5.04. The van der Waals surface area contributed by atoms with Gasteiger partial charge in [0.15, 0.2) is 17.3 Å². The van der Waals surface area contributed by atoms with E-state index in [0.29, 0.717) is 23.5 Å². The van der Waals surface area contributed by atoms with Crippen molar-refractivity contribution in [1.29, 1.82) is 0 Å². The summed E-state index contributed by atoms with van der Waals surface area (Å²) in [5, 5.41) is 10.1. The molecule has 0 aromatic heterocycles. The molecule has 0 saturated heterocycles. The largest absolute Gasteiger partial charge is 0.493 e. The van der Waals surface area contributed by atoms with Gasteiger partial charge in [-0.2, -0.15) is 0 Å². The molecule has 0 saturated carbocycles. The van der Waals surface area contributed by atoms with Gasteiger partial charge in [0.1, 0.15) is 0 Å². The van der Waals surface area contributed by atoms with E-state index >= 15 is 0 Å². The third-order valence-corrected chi connectivity index (χ3v) is 3.44. The molecule has 1 N–H and O–H groups in total. The van der Waals surface area contributed by atoms with Crippen LogP contribution in [-0.4, -0.2) is 31.2 Å². The minimum Gasteiger partial charge on any atom is -0.493 e. The summed E-state index contributed by atoms with van der Waals surface area (Å²) in [6, 6.07) is 14.5. The van der Waals surface area contributed by atoms with Crippen molar-refractivity contribution in [3.8, 4) is 11.5 Å². The number of ether oxygens (including phenoxy) is 2. The zero-order chi connectivity index (χ0) is 15.9. The van der Waals surface area contributed by atoms with Gasteiger partial charge in [-0.15, -0.1) is 0 Å². The van der Waals surface area contributed by atoms with Gasteiger partial charge in [0.05, 0.1) is 20.3 Å². The van der Waals surface area contributed by atoms with Gasteiger partial charge >= 0.3 is 0 Å². The summed E-state index contributed by atoms with van der Waals surface area (Å²) < 4.78 is 10.4. The molecule has 2 aromatic rings. The lowest BCUT2D eigenvalue weighted by molar-refractivity contribution is 0.0881. The first-order valence-electron chi connectivity index (χ1n) is 7.11. The molecule has 0 aliphatic rings. The minimum atomic E-state index is -0.731. The molecule has 4 nitrogen and oxygen atoms in total. The van der Waals surface area contributed by atoms with E-state index in [0.717, 1.165) is 5.56 Å². The third-order valence-electron chi connectivity index (χ3n) is 3.44. The summed E-state index contributed by atoms with van der Waals surface area (Å²) in [4.78, 5) is 12.1. The Labute approximate surface area is 130 Å². The number of benzene rings is 2. The molecule has 0 bridgehead atoms. The van der Waals surface area contributed by atoms with Gasteiger partial charge in [-0.25, -0.2) is 0 Å². The topological polar surface area (TPSA) is 55.8 Å². The summed E-state index contributed by atoms with van der Waals surface area (Å²) in [7, 11) is 3.14. The first-order chi connectivity index (χ1) is 10.6. The van der Waals surface area contributed by atoms with Crippen LogP contribution >= 0.6 is 0 Å². The van der Waals surface area contributed by atoms with Crippen LogP contribution in [0.3, 0.4) is 0 Å². The molecule has 0 amide bonds. The molecular weight excluding hydrogens is 280 g/mol. The lowest BCUT2D eigenvalue weighted by atomic mass is 10.00. The average Bonchev–Trinajstić information content (AvgIpc) is 2.55. The highest BCUT2D eigenvalue weighted by molar-refractivity contribution is 5.96. The number of rotatable bonds is 7. The van der Waals surface area contributed by atoms with Crippen molar-refractivity contribution in [2.24, 2.45) is 0 Å². The zero-order valence-electron chi connectivity index (χ0n) is 12.8. The SMILES string of the molecule is COc1ccc(CC(O)CC(=O)c2ccccc2)cc1OC. The fraction of sp³-hybridized carbons (Fsp3) is 0.278. The smallest absolute Gasteiger partial charge is 0.165 e. The molecule has 2 rings (SSSR count). The van der Waals surface area contributed by atoms with Crippen LogP contribution in [0.1, 0.15) is 22.3 Å². The van der Waals surface area contributed by atoms with E-state index < -0.39 is 6.10 Å². The Morgan fingerprint density at radius 3 is 2.36 bits per heavy atom. The molecular formula is C18H20O4. The van der Waals surface area contributed by atoms with Crippen molar-refractivity contribution >= 4 is 5.78 Å². The van der Waals surface area contributed by atoms with Crippen LogP contribution in [-0.2, 0) is 6.42 Å². The monoisotopic (exact) mass is 300 g/mol. The highest BCUT2D eigenvalue weighted by Crippen LogP contribution is 2.28. The number of aliphatic hydroxyl groups excluding tert-OH is 1. The Bertz CT molecular complexity index is 622. The average molecular weight is 300 g/mol. The quantitative estimate of drug-likeness (QED) is 0.799. The fourth-order valence-electron chi connectivity index (χ4n) is 2.31. The number of carbonyl (C=O) groups excluding carboxylic acids is 1. The summed E-state index contributed by atoms with van der Waals surface area (Å²) in [5.74, 6) is 1.19. The van der Waals surface area contributed by atoms with Crippen molar-refractivity contribution in [2.75, 3.05) is 14.2 Å². The molecule has 0 aliphatic heterocycles. The van der Waals surface area contributed by atoms with E-state index in [1.807, 2.05) is 30.3 Å².